The fraction of sp³-hybridized carbons (Fsp3) is 0.200. The number of rotatable bonds is 4. The van der Waals surface area contributed by atoms with Crippen LogP contribution in [0, 0.1) is 0 Å². The third kappa shape index (κ3) is 4.51. The van der Waals surface area contributed by atoms with E-state index in [4.69, 9.17) is 9.47 Å². The van der Waals surface area contributed by atoms with E-state index in [0.29, 0.717) is 11.3 Å². The van der Waals surface area contributed by atoms with Crippen molar-refractivity contribution in [2.75, 3.05) is 11.9 Å². The molecule has 2 aromatic rings. The van der Waals surface area contributed by atoms with Crippen molar-refractivity contribution < 1.29 is 32.2 Å². The molecule has 0 radical (unpaired) electrons. The first kappa shape index (κ1) is 19.5. The number of hydrogen-bond acceptors (Lipinski definition) is 4. The Balaban J connectivity index is 1.63. The monoisotopic (exact) mass is 391 g/mol. The molecule has 8 heteroatoms. The Morgan fingerprint density at radius 1 is 1.14 bits per heavy atom. The predicted octanol–water partition coefficient (Wildman–Crippen LogP) is 4.05. The smallest absolute Gasteiger partial charge is 0.416 e. The van der Waals surface area contributed by atoms with Crippen LogP contribution >= 0.6 is 0 Å². The molecule has 1 amide bonds. The summed E-state index contributed by atoms with van der Waals surface area (Å²) in [5.74, 6) is -0.846. The Kier molecular flexibility index (Phi) is 5.39. The van der Waals surface area contributed by atoms with E-state index in [2.05, 4.69) is 5.32 Å². The molecule has 0 spiro atoms. The molecule has 1 N–H and O–H groups in total. The lowest BCUT2D eigenvalue weighted by atomic mass is 10.1. The van der Waals surface area contributed by atoms with Gasteiger partial charge in [-0.15, -0.1) is 0 Å². The lowest BCUT2D eigenvalue weighted by Crippen LogP contribution is -2.31. The second-order valence-corrected chi connectivity index (χ2v) is 6.11. The van der Waals surface area contributed by atoms with Crippen LogP contribution in [0.25, 0.3) is 6.08 Å². The van der Waals surface area contributed by atoms with Gasteiger partial charge in [0.2, 0.25) is 0 Å². The number of fused-ring (bicyclic) bond motifs is 1. The van der Waals surface area contributed by atoms with Crippen molar-refractivity contribution in [3.63, 3.8) is 0 Å². The van der Waals surface area contributed by atoms with Gasteiger partial charge in [0.1, 0.15) is 12.4 Å². The number of benzene rings is 2. The van der Waals surface area contributed by atoms with Crippen molar-refractivity contribution in [3.8, 4) is 5.75 Å². The molecule has 0 fully saturated rings. The average Bonchev–Trinajstić information content (AvgIpc) is 2.67. The number of ether oxygens (including phenoxy) is 2. The van der Waals surface area contributed by atoms with E-state index in [1.807, 2.05) is 0 Å². The minimum Gasteiger partial charge on any atom is -0.488 e. The van der Waals surface area contributed by atoms with Gasteiger partial charge in [0.25, 0.3) is 5.91 Å². The summed E-state index contributed by atoms with van der Waals surface area (Å²) >= 11 is 0. The van der Waals surface area contributed by atoms with Crippen LogP contribution in [0.3, 0.4) is 0 Å². The van der Waals surface area contributed by atoms with Gasteiger partial charge >= 0.3 is 12.1 Å². The number of amides is 1. The fourth-order valence-electron chi connectivity index (χ4n) is 2.54. The van der Waals surface area contributed by atoms with Crippen molar-refractivity contribution in [2.24, 2.45) is 0 Å². The molecule has 1 atom stereocenters. The van der Waals surface area contributed by atoms with Crippen LogP contribution in [0.2, 0.25) is 0 Å². The number of halogens is 3. The Morgan fingerprint density at radius 2 is 1.89 bits per heavy atom. The summed E-state index contributed by atoms with van der Waals surface area (Å²) in [4.78, 5) is 24.4. The maximum atomic E-state index is 12.7. The van der Waals surface area contributed by atoms with Gasteiger partial charge in [0.15, 0.2) is 6.10 Å². The topological polar surface area (TPSA) is 64.6 Å². The van der Waals surface area contributed by atoms with E-state index >= 15 is 0 Å². The van der Waals surface area contributed by atoms with Gasteiger partial charge in [-0.3, -0.25) is 4.79 Å². The molecular formula is C20H16F3NO4. The molecule has 0 saturated carbocycles. The zero-order chi connectivity index (χ0) is 20.3. The van der Waals surface area contributed by atoms with Crippen molar-refractivity contribution in [3.05, 3.63) is 65.2 Å². The molecule has 2 aromatic carbocycles. The van der Waals surface area contributed by atoms with E-state index in [0.717, 1.165) is 12.1 Å². The summed E-state index contributed by atoms with van der Waals surface area (Å²) in [5, 5.41) is 2.31. The van der Waals surface area contributed by atoms with Crippen molar-refractivity contribution in [2.45, 2.75) is 19.2 Å². The normalized spacial score (nSPS) is 14.2. The van der Waals surface area contributed by atoms with Crippen LogP contribution in [0.5, 0.6) is 5.75 Å². The summed E-state index contributed by atoms with van der Waals surface area (Å²) in [5.41, 5.74) is 0.00850. The van der Waals surface area contributed by atoms with Crippen LogP contribution < -0.4 is 10.1 Å². The second-order valence-electron chi connectivity index (χ2n) is 6.11. The van der Waals surface area contributed by atoms with Gasteiger partial charge < -0.3 is 14.8 Å². The number of anilines is 1. The van der Waals surface area contributed by atoms with E-state index < -0.39 is 29.7 Å². The Labute approximate surface area is 158 Å². The van der Waals surface area contributed by atoms with Crippen LogP contribution in [0.15, 0.2) is 54.1 Å². The molecule has 5 nitrogen and oxygen atoms in total. The summed E-state index contributed by atoms with van der Waals surface area (Å²) in [6.45, 7) is 1.33. The summed E-state index contributed by atoms with van der Waals surface area (Å²) in [7, 11) is 0. The molecule has 0 saturated heterocycles. The second kappa shape index (κ2) is 7.75. The van der Waals surface area contributed by atoms with Gasteiger partial charge in [-0.25, -0.2) is 4.79 Å². The number of carbonyl (C=O) groups is 2. The first-order valence-corrected chi connectivity index (χ1v) is 8.35. The number of carbonyl (C=O) groups excluding carboxylic acids is 2. The van der Waals surface area contributed by atoms with Gasteiger partial charge in [-0.1, -0.05) is 24.3 Å². The molecule has 0 bridgehead atoms. The van der Waals surface area contributed by atoms with Crippen LogP contribution in [-0.4, -0.2) is 24.6 Å². The van der Waals surface area contributed by atoms with Gasteiger partial charge in [0.05, 0.1) is 11.1 Å². The van der Waals surface area contributed by atoms with Crippen molar-refractivity contribution in [1.82, 2.24) is 0 Å². The molecule has 1 heterocycles. The molecule has 0 aliphatic carbocycles. The number of esters is 1. The molecule has 28 heavy (non-hydrogen) atoms. The molecule has 1 aliphatic rings. The van der Waals surface area contributed by atoms with E-state index in [-0.39, 0.29) is 17.9 Å². The SMILES string of the molecule is C[C@H](OC(=O)C1=Cc2ccccc2OC1)C(=O)Nc1cccc(C(F)(F)F)c1. The fourth-order valence-corrected chi connectivity index (χ4v) is 2.54. The quantitative estimate of drug-likeness (QED) is 0.799. The highest BCUT2D eigenvalue weighted by Gasteiger charge is 2.31. The summed E-state index contributed by atoms with van der Waals surface area (Å²) in [6.07, 6.45) is -4.12. The highest BCUT2D eigenvalue weighted by atomic mass is 19.4. The molecule has 0 aromatic heterocycles. The molecule has 146 valence electrons. The number of hydrogen-bond donors (Lipinski definition) is 1. The number of alkyl halides is 3. The average molecular weight is 391 g/mol. The Hall–Kier alpha value is -3.29. The first-order valence-electron chi connectivity index (χ1n) is 8.35. The molecule has 3 rings (SSSR count). The van der Waals surface area contributed by atoms with E-state index in [1.54, 1.807) is 30.3 Å². The Morgan fingerprint density at radius 3 is 2.64 bits per heavy atom. The number of para-hydroxylation sites is 1. The third-order valence-electron chi connectivity index (χ3n) is 4.00. The summed E-state index contributed by atoms with van der Waals surface area (Å²) < 4.78 is 48.8. The van der Waals surface area contributed by atoms with Gasteiger partial charge in [-0.05, 0) is 37.3 Å². The van der Waals surface area contributed by atoms with Gasteiger partial charge in [0, 0.05) is 11.3 Å². The largest absolute Gasteiger partial charge is 0.488 e. The maximum Gasteiger partial charge on any atom is 0.416 e. The Bertz CT molecular complexity index is 937. The summed E-state index contributed by atoms with van der Waals surface area (Å²) in [6, 6.07) is 11.3. The minimum atomic E-state index is -4.53. The highest BCUT2D eigenvalue weighted by Crippen LogP contribution is 2.31. The zero-order valence-corrected chi connectivity index (χ0v) is 14.7. The lowest BCUT2D eigenvalue weighted by molar-refractivity contribution is -0.149. The van der Waals surface area contributed by atoms with Gasteiger partial charge in [-0.2, -0.15) is 13.2 Å². The highest BCUT2D eigenvalue weighted by molar-refractivity contribution is 5.99. The third-order valence-corrected chi connectivity index (χ3v) is 4.00. The zero-order valence-electron chi connectivity index (χ0n) is 14.7. The minimum absolute atomic E-state index is 0.00217. The van der Waals surface area contributed by atoms with E-state index in [1.165, 1.54) is 19.1 Å². The van der Waals surface area contributed by atoms with Crippen LogP contribution in [0.4, 0.5) is 18.9 Å². The molecular weight excluding hydrogens is 375 g/mol. The lowest BCUT2D eigenvalue weighted by Gasteiger charge is -2.19. The van der Waals surface area contributed by atoms with Crippen LogP contribution in [-0.2, 0) is 20.5 Å². The van der Waals surface area contributed by atoms with Crippen molar-refractivity contribution in [1.29, 1.82) is 0 Å². The first-order chi connectivity index (χ1) is 13.2. The van der Waals surface area contributed by atoms with E-state index in [9.17, 15) is 22.8 Å². The number of nitrogens with one attached hydrogen (secondary N) is 1. The van der Waals surface area contributed by atoms with Crippen molar-refractivity contribution >= 4 is 23.6 Å². The molecule has 1 aliphatic heterocycles. The predicted molar refractivity (Wildman–Crippen MR) is 95.5 cm³/mol. The standard InChI is InChI=1S/C20H16F3NO4/c1-12(18(25)24-16-7-4-6-15(10-16)20(21,22)23)28-19(26)14-9-13-5-2-3-8-17(13)27-11-14/h2-10,12H,11H2,1H3,(H,24,25)/t12-/m0/s1. The van der Waals surface area contributed by atoms with Crippen LogP contribution in [0.1, 0.15) is 18.1 Å². The maximum absolute atomic E-state index is 12.7. The molecule has 0 unspecified atom stereocenters.